The molecule has 1 atom stereocenters. The van der Waals surface area contributed by atoms with Crippen LogP contribution in [-0.4, -0.2) is 39.3 Å². The van der Waals surface area contributed by atoms with Crippen LogP contribution in [0.25, 0.3) is 0 Å². The van der Waals surface area contributed by atoms with E-state index < -0.39 is 0 Å². The standard InChI is InChI=1S/C17H27N5OS/c1-11(2)16-20-12(3)15(24-16)13(4)22(6)17(23)18-8-7-14-9-19-21(5)10-14/h9-11,13H,7-8H2,1-6H3,(H,18,23)/t13-/m0/s1. The van der Waals surface area contributed by atoms with E-state index in [0.29, 0.717) is 12.5 Å². The molecule has 0 bridgehead atoms. The summed E-state index contributed by atoms with van der Waals surface area (Å²) in [5.41, 5.74) is 2.14. The molecule has 0 aliphatic rings. The monoisotopic (exact) mass is 349 g/mol. The van der Waals surface area contributed by atoms with Gasteiger partial charge < -0.3 is 10.2 Å². The van der Waals surface area contributed by atoms with Gasteiger partial charge in [0.1, 0.15) is 0 Å². The highest BCUT2D eigenvalue weighted by molar-refractivity contribution is 7.11. The fourth-order valence-corrected chi connectivity index (χ4v) is 3.62. The largest absolute Gasteiger partial charge is 0.338 e. The van der Waals surface area contributed by atoms with E-state index in [1.54, 1.807) is 20.9 Å². The normalized spacial score (nSPS) is 12.5. The molecule has 7 heteroatoms. The van der Waals surface area contributed by atoms with Crippen molar-refractivity contribution in [1.29, 1.82) is 0 Å². The van der Waals surface area contributed by atoms with Gasteiger partial charge in [-0.25, -0.2) is 9.78 Å². The third-order valence-corrected chi connectivity index (χ3v) is 5.70. The number of hydrogen-bond donors (Lipinski definition) is 1. The summed E-state index contributed by atoms with van der Waals surface area (Å²) in [6.45, 7) is 8.94. The topological polar surface area (TPSA) is 63.1 Å². The summed E-state index contributed by atoms with van der Waals surface area (Å²) in [5.74, 6) is 0.410. The molecule has 2 aromatic heterocycles. The maximum atomic E-state index is 12.4. The van der Waals surface area contributed by atoms with E-state index in [-0.39, 0.29) is 12.1 Å². The molecular formula is C17H27N5OS. The zero-order valence-electron chi connectivity index (χ0n) is 15.3. The van der Waals surface area contributed by atoms with Gasteiger partial charge in [0.2, 0.25) is 0 Å². The first kappa shape index (κ1) is 18.4. The molecule has 2 aromatic rings. The van der Waals surface area contributed by atoms with Crippen LogP contribution in [0, 0.1) is 6.92 Å². The van der Waals surface area contributed by atoms with Gasteiger partial charge in [-0.1, -0.05) is 13.8 Å². The van der Waals surface area contributed by atoms with Crippen LogP contribution in [0.15, 0.2) is 12.4 Å². The zero-order valence-corrected chi connectivity index (χ0v) is 16.1. The second-order valence-electron chi connectivity index (χ2n) is 6.45. The molecule has 2 rings (SSSR count). The predicted molar refractivity (Wildman–Crippen MR) is 97.4 cm³/mol. The molecule has 0 aliphatic carbocycles. The van der Waals surface area contributed by atoms with Gasteiger partial charge in [-0.15, -0.1) is 11.3 Å². The highest BCUT2D eigenvalue weighted by Gasteiger charge is 2.22. The van der Waals surface area contributed by atoms with Crippen molar-refractivity contribution in [3.8, 4) is 0 Å². The van der Waals surface area contributed by atoms with Crippen molar-refractivity contribution in [3.63, 3.8) is 0 Å². The SMILES string of the molecule is Cc1nc(C(C)C)sc1[C@H](C)N(C)C(=O)NCCc1cnn(C)c1. The van der Waals surface area contributed by atoms with Crippen molar-refractivity contribution in [1.82, 2.24) is 25.0 Å². The molecule has 0 saturated carbocycles. The fraction of sp³-hybridized carbons (Fsp3) is 0.588. The first-order valence-electron chi connectivity index (χ1n) is 8.25. The van der Waals surface area contributed by atoms with Crippen LogP contribution in [0.3, 0.4) is 0 Å². The summed E-state index contributed by atoms with van der Waals surface area (Å²) >= 11 is 1.70. The van der Waals surface area contributed by atoms with Crippen molar-refractivity contribution in [2.24, 2.45) is 7.05 Å². The Morgan fingerprint density at radius 3 is 2.67 bits per heavy atom. The first-order valence-corrected chi connectivity index (χ1v) is 9.06. The number of carbonyl (C=O) groups is 1. The molecule has 0 aliphatic heterocycles. The molecule has 0 fully saturated rings. The average Bonchev–Trinajstić information content (AvgIpc) is 3.11. The van der Waals surface area contributed by atoms with E-state index in [4.69, 9.17) is 0 Å². The smallest absolute Gasteiger partial charge is 0.317 e. The summed E-state index contributed by atoms with van der Waals surface area (Å²) in [7, 11) is 3.72. The Morgan fingerprint density at radius 1 is 1.42 bits per heavy atom. The van der Waals surface area contributed by atoms with Crippen LogP contribution < -0.4 is 5.32 Å². The van der Waals surface area contributed by atoms with Crippen molar-refractivity contribution < 1.29 is 4.79 Å². The van der Waals surface area contributed by atoms with Crippen LogP contribution in [0.4, 0.5) is 4.79 Å². The van der Waals surface area contributed by atoms with E-state index in [2.05, 4.69) is 29.2 Å². The minimum atomic E-state index is -0.0645. The lowest BCUT2D eigenvalue weighted by Crippen LogP contribution is -2.39. The maximum Gasteiger partial charge on any atom is 0.317 e. The first-order chi connectivity index (χ1) is 11.3. The Labute approximate surface area is 147 Å². The van der Waals surface area contributed by atoms with Gasteiger partial charge in [-0.2, -0.15) is 5.10 Å². The Bertz CT molecular complexity index is 691. The van der Waals surface area contributed by atoms with E-state index in [0.717, 1.165) is 27.6 Å². The summed E-state index contributed by atoms with van der Waals surface area (Å²) in [6.07, 6.45) is 4.57. The third-order valence-electron chi connectivity index (χ3n) is 4.07. The second-order valence-corrected chi connectivity index (χ2v) is 7.51. The van der Waals surface area contributed by atoms with Crippen LogP contribution in [0.5, 0.6) is 0 Å². The number of aromatic nitrogens is 3. The molecule has 0 saturated heterocycles. The van der Waals surface area contributed by atoms with Crippen molar-refractivity contribution in [2.75, 3.05) is 13.6 Å². The van der Waals surface area contributed by atoms with Crippen LogP contribution in [0.2, 0.25) is 0 Å². The highest BCUT2D eigenvalue weighted by Crippen LogP contribution is 2.31. The predicted octanol–water partition coefficient (Wildman–Crippen LogP) is 3.25. The van der Waals surface area contributed by atoms with E-state index in [1.807, 2.05) is 40.3 Å². The molecule has 132 valence electrons. The summed E-state index contributed by atoms with van der Waals surface area (Å²) in [4.78, 5) is 19.9. The number of aryl methyl sites for hydroxylation is 2. The zero-order chi connectivity index (χ0) is 17.9. The lowest BCUT2D eigenvalue weighted by Gasteiger charge is -2.24. The van der Waals surface area contributed by atoms with Gasteiger partial charge in [-0.3, -0.25) is 4.68 Å². The third kappa shape index (κ3) is 4.35. The Morgan fingerprint density at radius 2 is 2.12 bits per heavy atom. The fourth-order valence-electron chi connectivity index (χ4n) is 2.46. The molecule has 0 spiro atoms. The molecule has 0 radical (unpaired) electrons. The Hall–Kier alpha value is -1.89. The van der Waals surface area contributed by atoms with Crippen LogP contribution >= 0.6 is 11.3 Å². The molecule has 6 nitrogen and oxygen atoms in total. The lowest BCUT2D eigenvalue weighted by atomic mass is 10.2. The number of hydrogen-bond acceptors (Lipinski definition) is 4. The van der Waals surface area contributed by atoms with Crippen LogP contribution in [-0.2, 0) is 13.5 Å². The molecule has 1 N–H and O–H groups in total. The Balaban J connectivity index is 1.91. The summed E-state index contributed by atoms with van der Waals surface area (Å²) in [6, 6.07) is -0.0568. The maximum absolute atomic E-state index is 12.4. The minimum Gasteiger partial charge on any atom is -0.338 e. The molecule has 0 unspecified atom stereocenters. The molecule has 2 amide bonds. The Kier molecular flexibility index (Phi) is 5.99. The lowest BCUT2D eigenvalue weighted by molar-refractivity contribution is 0.195. The van der Waals surface area contributed by atoms with Crippen molar-refractivity contribution >= 4 is 17.4 Å². The van der Waals surface area contributed by atoms with Crippen LogP contribution in [0.1, 0.15) is 53.9 Å². The number of nitrogens with one attached hydrogen (secondary N) is 1. The van der Waals surface area contributed by atoms with Crippen molar-refractivity contribution in [3.05, 3.63) is 33.5 Å². The number of rotatable bonds is 6. The second kappa shape index (κ2) is 7.79. The van der Waals surface area contributed by atoms with Gasteiger partial charge in [0.05, 0.1) is 22.9 Å². The van der Waals surface area contributed by atoms with Gasteiger partial charge in [0, 0.05) is 37.6 Å². The highest BCUT2D eigenvalue weighted by atomic mass is 32.1. The van der Waals surface area contributed by atoms with Gasteiger partial charge in [0.15, 0.2) is 0 Å². The minimum absolute atomic E-state index is 0.00777. The molecule has 0 aromatic carbocycles. The van der Waals surface area contributed by atoms with Gasteiger partial charge in [-0.05, 0) is 25.8 Å². The number of carbonyl (C=O) groups excluding carboxylic acids is 1. The number of amides is 2. The number of urea groups is 1. The van der Waals surface area contributed by atoms with Gasteiger partial charge in [0.25, 0.3) is 0 Å². The van der Waals surface area contributed by atoms with E-state index in [1.165, 1.54) is 0 Å². The quantitative estimate of drug-likeness (QED) is 0.871. The van der Waals surface area contributed by atoms with Crippen molar-refractivity contribution in [2.45, 2.75) is 46.1 Å². The summed E-state index contributed by atoms with van der Waals surface area (Å²) < 4.78 is 1.77. The molecular weight excluding hydrogens is 322 g/mol. The average molecular weight is 350 g/mol. The van der Waals surface area contributed by atoms with E-state index in [9.17, 15) is 4.79 Å². The van der Waals surface area contributed by atoms with Gasteiger partial charge >= 0.3 is 6.03 Å². The molecule has 24 heavy (non-hydrogen) atoms. The number of thiazole rings is 1. The van der Waals surface area contributed by atoms with E-state index >= 15 is 0 Å². The molecule has 2 heterocycles. The number of nitrogens with zero attached hydrogens (tertiary/aromatic N) is 4. The summed E-state index contributed by atoms with van der Waals surface area (Å²) in [5, 5.41) is 8.23.